The number of fused-ring (bicyclic) bond motifs is 1. The number of hydrogen-bond donors (Lipinski definition) is 2. The van der Waals surface area contributed by atoms with Gasteiger partial charge in [-0.1, -0.05) is 30.8 Å². The van der Waals surface area contributed by atoms with E-state index < -0.39 is 0 Å². The fourth-order valence-corrected chi connectivity index (χ4v) is 4.18. The molecule has 3 rings (SSSR count). The number of benzene rings is 1. The number of nitrogens with one attached hydrogen (secondary N) is 2. The molecule has 0 spiro atoms. The molecule has 0 aliphatic carbocycles. The van der Waals surface area contributed by atoms with Crippen LogP contribution in [0.3, 0.4) is 0 Å². The number of amides is 1. The summed E-state index contributed by atoms with van der Waals surface area (Å²) < 4.78 is 6.93. The first-order chi connectivity index (χ1) is 14.3. The zero-order chi connectivity index (χ0) is 21.8. The van der Waals surface area contributed by atoms with Gasteiger partial charge in [-0.15, -0.1) is 0 Å². The monoisotopic (exact) mass is 428 g/mol. The molecule has 0 unspecified atom stereocenters. The number of ether oxygens (including phenoxy) is 1. The van der Waals surface area contributed by atoms with Gasteiger partial charge in [-0.25, -0.2) is 4.98 Å². The summed E-state index contributed by atoms with van der Waals surface area (Å²) in [6.45, 7) is 7.84. The highest BCUT2D eigenvalue weighted by Crippen LogP contribution is 2.23. The largest absolute Gasteiger partial charge is 0.497 e. The number of nitrogens with zero attached hydrogens (tertiary/aromatic N) is 2. The Morgan fingerprint density at radius 2 is 2.10 bits per heavy atom. The zero-order valence-electron chi connectivity index (χ0n) is 18.0. The molecule has 0 radical (unpaired) electrons. The van der Waals surface area contributed by atoms with Gasteiger partial charge in [0.25, 0.3) is 5.56 Å². The molecule has 8 heteroatoms. The second kappa shape index (κ2) is 9.38. The molecule has 2 aromatic heterocycles. The van der Waals surface area contributed by atoms with E-state index in [9.17, 15) is 9.59 Å². The van der Waals surface area contributed by atoms with E-state index in [1.165, 1.54) is 11.8 Å². The van der Waals surface area contributed by atoms with Gasteiger partial charge in [0, 0.05) is 11.7 Å². The van der Waals surface area contributed by atoms with Crippen LogP contribution in [-0.2, 0) is 4.79 Å². The Hall–Kier alpha value is -2.74. The van der Waals surface area contributed by atoms with Gasteiger partial charge in [0.1, 0.15) is 11.3 Å². The third-order valence-corrected chi connectivity index (χ3v) is 6.07. The third kappa shape index (κ3) is 4.70. The number of methoxy groups -OCH3 is 1. The number of H-pyrrole nitrogens is 1. The molecule has 0 fully saturated rings. The van der Waals surface area contributed by atoms with E-state index in [1.54, 1.807) is 11.7 Å². The third-order valence-electron chi connectivity index (χ3n) is 5.12. The van der Waals surface area contributed by atoms with Crippen molar-refractivity contribution >= 4 is 28.7 Å². The molecule has 1 aromatic carbocycles. The van der Waals surface area contributed by atoms with Gasteiger partial charge in [0.2, 0.25) is 5.91 Å². The van der Waals surface area contributed by atoms with Gasteiger partial charge in [0.15, 0.2) is 5.16 Å². The first-order valence-electron chi connectivity index (χ1n) is 10.0. The molecule has 0 saturated heterocycles. The maximum atomic E-state index is 13.0. The topological polar surface area (TPSA) is 89.0 Å². The fourth-order valence-electron chi connectivity index (χ4n) is 3.27. The van der Waals surface area contributed by atoms with Crippen LogP contribution in [0.15, 0.2) is 40.3 Å². The number of thioether (sulfide) groups is 1. The van der Waals surface area contributed by atoms with Crippen LogP contribution in [0.5, 0.6) is 5.75 Å². The lowest BCUT2D eigenvalue weighted by atomic mass is 10.1. The van der Waals surface area contributed by atoms with Crippen LogP contribution in [0.2, 0.25) is 0 Å². The van der Waals surface area contributed by atoms with Crippen molar-refractivity contribution in [3.05, 3.63) is 51.9 Å². The van der Waals surface area contributed by atoms with E-state index >= 15 is 0 Å². The molecule has 3 aromatic rings. The van der Waals surface area contributed by atoms with E-state index in [0.29, 0.717) is 16.2 Å². The lowest BCUT2D eigenvalue weighted by molar-refractivity contribution is -0.119. The van der Waals surface area contributed by atoms with Crippen LogP contribution in [0.1, 0.15) is 50.5 Å². The van der Waals surface area contributed by atoms with Crippen molar-refractivity contribution in [3.63, 3.8) is 0 Å². The van der Waals surface area contributed by atoms with E-state index in [0.717, 1.165) is 23.4 Å². The Balaban J connectivity index is 1.77. The minimum absolute atomic E-state index is 0.0146. The predicted octanol–water partition coefficient (Wildman–Crippen LogP) is 3.98. The molecule has 2 N–H and O–H groups in total. The summed E-state index contributed by atoms with van der Waals surface area (Å²) in [5.41, 5.74) is 2.89. The van der Waals surface area contributed by atoms with Gasteiger partial charge >= 0.3 is 0 Å². The summed E-state index contributed by atoms with van der Waals surface area (Å²) in [5.74, 6) is 0.803. The number of hydrogen-bond acceptors (Lipinski definition) is 5. The van der Waals surface area contributed by atoms with Crippen molar-refractivity contribution in [2.45, 2.75) is 51.4 Å². The molecule has 7 nitrogen and oxygen atoms in total. The Kier molecular flexibility index (Phi) is 6.87. The average molecular weight is 429 g/mol. The normalized spacial score (nSPS) is 13.2. The first-order valence-corrected chi connectivity index (χ1v) is 11.0. The van der Waals surface area contributed by atoms with Gasteiger partial charge in [-0.3, -0.25) is 14.2 Å². The molecule has 160 valence electrons. The Morgan fingerprint density at radius 3 is 2.80 bits per heavy atom. The molecular weight excluding hydrogens is 400 g/mol. The molecule has 0 aliphatic rings. The molecule has 0 bridgehead atoms. The van der Waals surface area contributed by atoms with Crippen molar-refractivity contribution in [3.8, 4) is 5.75 Å². The second-order valence-electron chi connectivity index (χ2n) is 7.39. The fraction of sp³-hybridized carbons (Fsp3) is 0.409. The first kappa shape index (κ1) is 22.0. The highest BCUT2D eigenvalue weighted by Gasteiger charge is 2.18. The Bertz CT molecular complexity index is 1110. The summed E-state index contributed by atoms with van der Waals surface area (Å²) in [5, 5.41) is 3.56. The van der Waals surface area contributed by atoms with Crippen LogP contribution >= 0.6 is 11.8 Å². The van der Waals surface area contributed by atoms with Crippen molar-refractivity contribution in [2.24, 2.45) is 0 Å². The molecule has 2 atom stereocenters. The number of aromatic nitrogens is 3. The number of rotatable bonds is 8. The zero-order valence-corrected chi connectivity index (χ0v) is 18.8. The van der Waals surface area contributed by atoms with E-state index in [4.69, 9.17) is 4.74 Å². The van der Waals surface area contributed by atoms with Gasteiger partial charge < -0.3 is 15.0 Å². The molecular formula is C22H28N4O3S. The Morgan fingerprint density at radius 1 is 1.33 bits per heavy atom. The van der Waals surface area contributed by atoms with Crippen molar-refractivity contribution in [1.29, 1.82) is 0 Å². The predicted molar refractivity (Wildman–Crippen MR) is 120 cm³/mol. The second-order valence-corrected chi connectivity index (χ2v) is 8.34. The summed E-state index contributed by atoms with van der Waals surface area (Å²) in [4.78, 5) is 33.3. The number of carbonyl (C=O) groups excluding carboxylic acids is 1. The molecule has 30 heavy (non-hydrogen) atoms. The van der Waals surface area contributed by atoms with Gasteiger partial charge in [-0.2, -0.15) is 0 Å². The van der Waals surface area contributed by atoms with Crippen molar-refractivity contribution in [1.82, 2.24) is 19.9 Å². The quantitative estimate of drug-likeness (QED) is 0.418. The van der Waals surface area contributed by atoms with Crippen LogP contribution < -0.4 is 15.6 Å². The minimum atomic E-state index is -0.160. The van der Waals surface area contributed by atoms with Crippen LogP contribution in [0, 0.1) is 6.92 Å². The van der Waals surface area contributed by atoms with Crippen molar-refractivity contribution < 1.29 is 9.53 Å². The molecule has 0 aliphatic heterocycles. The van der Waals surface area contributed by atoms with Crippen LogP contribution in [-0.4, -0.2) is 33.3 Å². The number of carbonyl (C=O) groups is 1. The van der Waals surface area contributed by atoms with Crippen LogP contribution in [0.4, 0.5) is 0 Å². The summed E-state index contributed by atoms with van der Waals surface area (Å²) in [6, 6.07) is 9.30. The highest BCUT2D eigenvalue weighted by molar-refractivity contribution is 7.99. The minimum Gasteiger partial charge on any atom is -0.497 e. The summed E-state index contributed by atoms with van der Waals surface area (Å²) in [7, 11) is 1.62. The van der Waals surface area contributed by atoms with E-state index in [2.05, 4.69) is 15.3 Å². The maximum Gasteiger partial charge on any atom is 0.278 e. The highest BCUT2D eigenvalue weighted by atomic mass is 32.2. The number of aromatic amines is 1. The summed E-state index contributed by atoms with van der Waals surface area (Å²) >= 11 is 1.28. The SMILES string of the molecule is CC[C@H](C)n1c(SCC(=O)N[C@@H](C)c2cccc(OC)c2)nc2cc(C)[nH]c2c1=O. The Labute approximate surface area is 180 Å². The van der Waals surface area contributed by atoms with Crippen molar-refractivity contribution in [2.75, 3.05) is 12.9 Å². The molecule has 0 saturated carbocycles. The maximum absolute atomic E-state index is 13.0. The van der Waals surface area contributed by atoms with E-state index in [-0.39, 0.29) is 29.3 Å². The molecule has 2 heterocycles. The average Bonchev–Trinajstić information content (AvgIpc) is 3.12. The lowest BCUT2D eigenvalue weighted by Gasteiger charge is -2.18. The lowest BCUT2D eigenvalue weighted by Crippen LogP contribution is -2.29. The number of aryl methyl sites for hydroxylation is 1. The smallest absolute Gasteiger partial charge is 0.278 e. The standard InChI is InChI=1S/C22H28N4O3S/c1-6-14(3)26-21(28)20-18(10-13(2)23-20)25-22(26)30-12-19(27)24-15(4)16-8-7-9-17(11-16)29-5/h7-11,14-15,23H,6,12H2,1-5H3,(H,24,27)/t14-,15-/m0/s1. The molecule has 1 amide bonds. The summed E-state index contributed by atoms with van der Waals surface area (Å²) in [6.07, 6.45) is 0.791. The van der Waals surface area contributed by atoms with Gasteiger partial charge in [-0.05, 0) is 51.0 Å². The van der Waals surface area contributed by atoms with E-state index in [1.807, 2.05) is 58.0 Å². The van der Waals surface area contributed by atoms with Gasteiger partial charge in [0.05, 0.1) is 24.4 Å². The van der Waals surface area contributed by atoms with Crippen LogP contribution in [0.25, 0.3) is 11.0 Å².